The van der Waals surface area contributed by atoms with Gasteiger partial charge in [-0.2, -0.15) is 10.2 Å². The lowest BCUT2D eigenvalue weighted by molar-refractivity contribution is 0.410. The van der Waals surface area contributed by atoms with Gasteiger partial charge in [0.15, 0.2) is 0 Å². The second kappa shape index (κ2) is 4.10. The van der Waals surface area contributed by atoms with Gasteiger partial charge in [-0.25, -0.2) is 0 Å². The van der Waals surface area contributed by atoms with Crippen LogP contribution in [-0.2, 0) is 6.54 Å². The van der Waals surface area contributed by atoms with Gasteiger partial charge in [0.2, 0.25) is 0 Å². The van der Waals surface area contributed by atoms with Gasteiger partial charge < -0.3 is 10.5 Å². The molecule has 2 N–H and O–H groups in total. The molecule has 0 spiro atoms. The van der Waals surface area contributed by atoms with E-state index in [-0.39, 0.29) is 0 Å². The summed E-state index contributed by atoms with van der Waals surface area (Å²) >= 11 is 0. The highest BCUT2D eigenvalue weighted by molar-refractivity contribution is 5.44. The van der Waals surface area contributed by atoms with E-state index >= 15 is 0 Å². The Morgan fingerprint density at radius 3 is 2.87 bits per heavy atom. The Labute approximate surface area is 87.5 Å². The van der Waals surface area contributed by atoms with Crippen molar-refractivity contribution in [2.24, 2.45) is 5.73 Å². The molecule has 0 aliphatic heterocycles. The number of hydrogen-bond acceptors (Lipinski definition) is 4. The summed E-state index contributed by atoms with van der Waals surface area (Å²) in [5, 5.41) is 8.32. The largest absolute Gasteiger partial charge is 0.494 e. The Bertz CT molecular complexity index is 452. The zero-order valence-electron chi connectivity index (χ0n) is 8.42. The third-order valence-corrected chi connectivity index (χ3v) is 2.05. The van der Waals surface area contributed by atoms with Crippen LogP contribution in [0.3, 0.4) is 0 Å². The number of methoxy groups -OCH3 is 1. The molecular weight excluding hydrogens is 192 g/mol. The average molecular weight is 204 g/mol. The number of nitrogens with two attached hydrogens (primary N) is 1. The molecule has 0 saturated carbocycles. The summed E-state index contributed by atoms with van der Waals surface area (Å²) in [6.45, 7) is 0.384. The summed E-state index contributed by atoms with van der Waals surface area (Å²) in [4.78, 5) is 1.51. The average Bonchev–Trinajstić information content (AvgIpc) is 2.77. The van der Waals surface area contributed by atoms with Crippen LogP contribution >= 0.6 is 0 Å². The van der Waals surface area contributed by atoms with Crippen molar-refractivity contribution in [3.63, 3.8) is 0 Å². The van der Waals surface area contributed by atoms with Crippen molar-refractivity contribution in [1.29, 1.82) is 0 Å². The van der Waals surface area contributed by atoms with Crippen LogP contribution in [0.25, 0.3) is 5.69 Å². The highest BCUT2D eigenvalue weighted by atomic mass is 16.5. The van der Waals surface area contributed by atoms with Gasteiger partial charge in [-0.05, 0) is 12.1 Å². The number of rotatable bonds is 3. The Morgan fingerprint density at radius 2 is 2.20 bits per heavy atom. The summed E-state index contributed by atoms with van der Waals surface area (Å²) < 4.78 is 5.21. The van der Waals surface area contributed by atoms with Gasteiger partial charge in [-0.3, -0.25) is 0 Å². The first-order valence-electron chi connectivity index (χ1n) is 4.60. The molecule has 0 aliphatic rings. The quantitative estimate of drug-likeness (QED) is 0.800. The molecule has 0 bridgehead atoms. The van der Waals surface area contributed by atoms with Crippen LogP contribution in [0.5, 0.6) is 5.75 Å². The molecule has 15 heavy (non-hydrogen) atoms. The molecule has 0 aliphatic carbocycles. The van der Waals surface area contributed by atoms with E-state index in [9.17, 15) is 0 Å². The Balaban J connectivity index is 2.44. The van der Waals surface area contributed by atoms with Crippen LogP contribution < -0.4 is 10.5 Å². The van der Waals surface area contributed by atoms with Gasteiger partial charge in [0.1, 0.15) is 11.4 Å². The van der Waals surface area contributed by atoms with E-state index in [1.54, 1.807) is 13.3 Å². The number of para-hydroxylation sites is 2. The van der Waals surface area contributed by atoms with Crippen molar-refractivity contribution < 1.29 is 4.74 Å². The molecule has 78 valence electrons. The Kier molecular flexibility index (Phi) is 2.64. The fourth-order valence-electron chi connectivity index (χ4n) is 1.30. The number of hydrogen-bond donors (Lipinski definition) is 1. The molecule has 1 aromatic heterocycles. The van der Waals surface area contributed by atoms with Gasteiger partial charge in [-0.15, -0.1) is 4.80 Å². The topological polar surface area (TPSA) is 66.0 Å². The van der Waals surface area contributed by atoms with Crippen molar-refractivity contribution >= 4 is 0 Å². The lowest BCUT2D eigenvalue weighted by Crippen LogP contribution is -2.03. The van der Waals surface area contributed by atoms with Crippen molar-refractivity contribution in [3.05, 3.63) is 36.2 Å². The molecule has 1 aromatic carbocycles. The van der Waals surface area contributed by atoms with E-state index in [1.807, 2.05) is 24.3 Å². The maximum Gasteiger partial charge on any atom is 0.146 e. The predicted octanol–water partition coefficient (Wildman–Crippen LogP) is 0.735. The van der Waals surface area contributed by atoms with Crippen molar-refractivity contribution in [3.8, 4) is 11.4 Å². The number of ether oxygens (including phenoxy) is 1. The van der Waals surface area contributed by atoms with Crippen LogP contribution in [0.1, 0.15) is 5.69 Å². The minimum Gasteiger partial charge on any atom is -0.494 e. The molecule has 0 atom stereocenters. The maximum atomic E-state index is 5.46. The molecule has 0 unspecified atom stereocenters. The fraction of sp³-hybridized carbons (Fsp3) is 0.200. The molecule has 5 nitrogen and oxygen atoms in total. The third-order valence-electron chi connectivity index (χ3n) is 2.05. The first kappa shape index (κ1) is 9.67. The summed E-state index contributed by atoms with van der Waals surface area (Å²) in [6.07, 6.45) is 1.65. The first-order chi connectivity index (χ1) is 7.35. The zero-order chi connectivity index (χ0) is 10.7. The predicted molar refractivity (Wildman–Crippen MR) is 55.8 cm³/mol. The van der Waals surface area contributed by atoms with Gasteiger partial charge in [-0.1, -0.05) is 12.1 Å². The number of nitrogens with zero attached hydrogens (tertiary/aromatic N) is 3. The lowest BCUT2D eigenvalue weighted by atomic mass is 10.3. The summed E-state index contributed by atoms with van der Waals surface area (Å²) in [5.74, 6) is 0.733. The molecular formula is C10H12N4O. The van der Waals surface area contributed by atoms with E-state index in [4.69, 9.17) is 10.5 Å². The second-order valence-electron chi connectivity index (χ2n) is 3.00. The zero-order valence-corrected chi connectivity index (χ0v) is 8.42. The van der Waals surface area contributed by atoms with Gasteiger partial charge in [0.05, 0.1) is 19.0 Å². The second-order valence-corrected chi connectivity index (χ2v) is 3.00. The molecule has 5 heteroatoms. The van der Waals surface area contributed by atoms with Crippen LogP contribution in [0.4, 0.5) is 0 Å². The smallest absolute Gasteiger partial charge is 0.146 e. The van der Waals surface area contributed by atoms with E-state index in [1.165, 1.54) is 4.80 Å². The van der Waals surface area contributed by atoms with Crippen LogP contribution in [0.2, 0.25) is 0 Å². The van der Waals surface area contributed by atoms with E-state index in [2.05, 4.69) is 10.2 Å². The summed E-state index contributed by atoms with van der Waals surface area (Å²) in [7, 11) is 1.62. The first-order valence-corrected chi connectivity index (χ1v) is 4.60. The molecule has 2 rings (SSSR count). The SMILES string of the molecule is COc1ccccc1-n1ncc(CN)n1. The van der Waals surface area contributed by atoms with E-state index in [0.29, 0.717) is 6.54 Å². The molecule has 0 amide bonds. The summed E-state index contributed by atoms with van der Waals surface area (Å²) in [5.41, 5.74) is 7.02. The molecule has 2 aromatic rings. The number of aromatic nitrogens is 3. The Morgan fingerprint density at radius 1 is 1.40 bits per heavy atom. The normalized spacial score (nSPS) is 10.3. The monoisotopic (exact) mass is 204 g/mol. The Hall–Kier alpha value is -1.88. The lowest BCUT2D eigenvalue weighted by Gasteiger charge is -2.05. The van der Waals surface area contributed by atoms with Crippen LogP contribution in [0, 0.1) is 0 Å². The highest BCUT2D eigenvalue weighted by Gasteiger charge is 2.06. The van der Waals surface area contributed by atoms with Crippen LogP contribution in [0.15, 0.2) is 30.5 Å². The minimum absolute atomic E-state index is 0.384. The van der Waals surface area contributed by atoms with E-state index < -0.39 is 0 Å². The molecule has 0 saturated heterocycles. The fourth-order valence-corrected chi connectivity index (χ4v) is 1.30. The van der Waals surface area contributed by atoms with E-state index in [0.717, 1.165) is 17.1 Å². The highest BCUT2D eigenvalue weighted by Crippen LogP contribution is 2.20. The third kappa shape index (κ3) is 1.82. The van der Waals surface area contributed by atoms with Crippen LogP contribution in [-0.4, -0.2) is 22.1 Å². The number of benzene rings is 1. The molecule has 0 radical (unpaired) electrons. The molecule has 1 heterocycles. The van der Waals surface area contributed by atoms with Crippen molar-refractivity contribution in [2.75, 3.05) is 7.11 Å². The van der Waals surface area contributed by atoms with Gasteiger partial charge >= 0.3 is 0 Å². The minimum atomic E-state index is 0.384. The maximum absolute atomic E-state index is 5.46. The molecule has 0 fully saturated rings. The van der Waals surface area contributed by atoms with Crippen molar-refractivity contribution in [2.45, 2.75) is 6.54 Å². The summed E-state index contributed by atoms with van der Waals surface area (Å²) in [6, 6.07) is 7.55. The standard InChI is InChI=1S/C10H12N4O/c1-15-10-5-3-2-4-9(10)14-12-7-8(6-11)13-14/h2-5,7H,6,11H2,1H3. The van der Waals surface area contributed by atoms with Crippen molar-refractivity contribution in [1.82, 2.24) is 15.0 Å². The van der Waals surface area contributed by atoms with Gasteiger partial charge in [0, 0.05) is 6.54 Å². The van der Waals surface area contributed by atoms with Gasteiger partial charge in [0.25, 0.3) is 0 Å².